The van der Waals surface area contributed by atoms with E-state index < -0.39 is 0 Å². The van der Waals surface area contributed by atoms with E-state index in [0.29, 0.717) is 31.4 Å². The zero-order chi connectivity index (χ0) is 24.0. The lowest BCUT2D eigenvalue weighted by Gasteiger charge is -2.44. The van der Waals surface area contributed by atoms with E-state index >= 15 is 0 Å². The fourth-order valence-corrected chi connectivity index (χ4v) is 5.97. The molecule has 3 aliphatic rings. The highest BCUT2D eigenvalue weighted by atomic mass is 16.5. The molecule has 6 nitrogen and oxygen atoms in total. The number of amides is 2. The third kappa shape index (κ3) is 6.12. The Morgan fingerprint density at radius 3 is 2.71 bits per heavy atom. The summed E-state index contributed by atoms with van der Waals surface area (Å²) >= 11 is 0. The van der Waals surface area contributed by atoms with Crippen molar-refractivity contribution in [3.63, 3.8) is 0 Å². The van der Waals surface area contributed by atoms with Crippen LogP contribution in [-0.4, -0.2) is 67.0 Å². The van der Waals surface area contributed by atoms with Crippen LogP contribution in [-0.2, 0) is 16.0 Å². The van der Waals surface area contributed by atoms with E-state index in [9.17, 15) is 9.59 Å². The number of carbonyl (C=O) groups is 2. The van der Waals surface area contributed by atoms with Crippen molar-refractivity contribution in [2.75, 3.05) is 39.3 Å². The van der Waals surface area contributed by atoms with Gasteiger partial charge in [-0.25, -0.2) is 0 Å². The van der Waals surface area contributed by atoms with Crippen LogP contribution in [0.2, 0.25) is 0 Å². The summed E-state index contributed by atoms with van der Waals surface area (Å²) < 4.78 is 6.27. The summed E-state index contributed by atoms with van der Waals surface area (Å²) in [7, 11) is 0. The highest BCUT2D eigenvalue weighted by Gasteiger charge is 2.45. The standard InChI is InChI=1S/C28H43N3O3/c1-22(2)20-26(32)29-15-19-30-17-13-28(14-18-30)12-6-5-9-23-8-3-4-11-25(23)34-21-24-10-7-16-31(24)27(28)33/h3-4,8,11,22,24H,5-7,9-10,12-21H2,1-2H3,(H,29,32)/t24-/m1/s1. The molecule has 1 aromatic carbocycles. The van der Waals surface area contributed by atoms with Crippen LogP contribution in [0.5, 0.6) is 5.75 Å². The minimum Gasteiger partial charge on any atom is -0.491 e. The molecule has 0 aromatic heterocycles. The lowest BCUT2D eigenvalue weighted by Crippen LogP contribution is -2.53. The third-order valence-electron chi connectivity index (χ3n) is 8.00. The molecule has 2 amide bonds. The first-order valence-corrected chi connectivity index (χ1v) is 13.5. The van der Waals surface area contributed by atoms with Crippen LogP contribution in [0.1, 0.15) is 70.8 Å². The Morgan fingerprint density at radius 2 is 1.91 bits per heavy atom. The summed E-state index contributed by atoms with van der Waals surface area (Å²) in [6.07, 6.45) is 8.69. The van der Waals surface area contributed by atoms with Gasteiger partial charge >= 0.3 is 0 Å². The topological polar surface area (TPSA) is 61.9 Å². The number of ether oxygens (including phenoxy) is 1. The van der Waals surface area contributed by atoms with Crippen molar-refractivity contribution in [1.29, 1.82) is 0 Å². The monoisotopic (exact) mass is 469 g/mol. The van der Waals surface area contributed by atoms with Crippen molar-refractivity contribution in [2.24, 2.45) is 11.3 Å². The number of aryl methyl sites for hydroxylation is 1. The Labute approximate surface area is 205 Å². The molecule has 0 aliphatic carbocycles. The van der Waals surface area contributed by atoms with Gasteiger partial charge in [0.05, 0.1) is 11.5 Å². The highest BCUT2D eigenvalue weighted by molar-refractivity contribution is 5.83. The summed E-state index contributed by atoms with van der Waals surface area (Å²) in [5.74, 6) is 1.89. The molecular formula is C28H43N3O3. The fourth-order valence-electron chi connectivity index (χ4n) is 5.97. The van der Waals surface area contributed by atoms with Crippen LogP contribution in [0.15, 0.2) is 24.3 Å². The molecule has 0 radical (unpaired) electrons. The maximum Gasteiger partial charge on any atom is 0.229 e. The van der Waals surface area contributed by atoms with Crippen LogP contribution in [0.4, 0.5) is 0 Å². The lowest BCUT2D eigenvalue weighted by atomic mass is 9.73. The van der Waals surface area contributed by atoms with Crippen LogP contribution >= 0.6 is 0 Å². The number of para-hydroxylation sites is 1. The summed E-state index contributed by atoms with van der Waals surface area (Å²) in [6.45, 7) is 9.03. The van der Waals surface area contributed by atoms with E-state index in [1.807, 2.05) is 6.07 Å². The number of hydrogen-bond acceptors (Lipinski definition) is 4. The molecule has 3 aliphatic heterocycles. The first-order valence-electron chi connectivity index (χ1n) is 13.5. The van der Waals surface area contributed by atoms with Gasteiger partial charge in [-0.05, 0) is 75.6 Å². The van der Waals surface area contributed by atoms with Gasteiger partial charge in [0.1, 0.15) is 12.4 Å². The summed E-state index contributed by atoms with van der Waals surface area (Å²) in [6, 6.07) is 8.59. The minimum absolute atomic E-state index is 0.141. The second kappa shape index (κ2) is 11.6. The molecular weight excluding hydrogens is 426 g/mol. The zero-order valence-electron chi connectivity index (χ0n) is 21.2. The number of hydrogen-bond donors (Lipinski definition) is 1. The number of piperidine rings is 1. The van der Waals surface area contributed by atoms with Gasteiger partial charge in [-0.15, -0.1) is 0 Å². The molecule has 2 saturated heterocycles. The molecule has 188 valence electrons. The summed E-state index contributed by atoms with van der Waals surface area (Å²) in [5.41, 5.74) is 1.06. The van der Waals surface area contributed by atoms with E-state index in [2.05, 4.69) is 47.2 Å². The molecule has 0 bridgehead atoms. The molecule has 1 N–H and O–H groups in total. The van der Waals surface area contributed by atoms with Gasteiger partial charge in [-0.3, -0.25) is 9.59 Å². The van der Waals surface area contributed by atoms with Crippen molar-refractivity contribution in [1.82, 2.24) is 15.1 Å². The van der Waals surface area contributed by atoms with Crippen molar-refractivity contribution in [3.8, 4) is 5.75 Å². The number of fused-ring (bicyclic) bond motifs is 2. The first kappa shape index (κ1) is 25.0. The van der Waals surface area contributed by atoms with Gasteiger partial charge in [0, 0.05) is 26.1 Å². The third-order valence-corrected chi connectivity index (χ3v) is 8.00. The molecule has 0 saturated carbocycles. The molecule has 1 atom stereocenters. The van der Waals surface area contributed by atoms with Crippen LogP contribution in [0.25, 0.3) is 0 Å². The molecule has 2 fully saturated rings. The smallest absolute Gasteiger partial charge is 0.229 e. The molecule has 34 heavy (non-hydrogen) atoms. The van der Waals surface area contributed by atoms with Gasteiger partial charge in [0.25, 0.3) is 0 Å². The fraction of sp³-hybridized carbons (Fsp3) is 0.714. The second-order valence-corrected chi connectivity index (χ2v) is 11.0. The molecule has 1 spiro atoms. The molecule has 4 rings (SSSR count). The maximum atomic E-state index is 14.0. The van der Waals surface area contributed by atoms with Gasteiger partial charge in [0.2, 0.25) is 11.8 Å². The van der Waals surface area contributed by atoms with Gasteiger partial charge in [-0.2, -0.15) is 0 Å². The van der Waals surface area contributed by atoms with E-state index in [0.717, 1.165) is 83.3 Å². The Bertz CT molecular complexity index is 832. The van der Waals surface area contributed by atoms with Crippen molar-refractivity contribution >= 4 is 11.8 Å². The van der Waals surface area contributed by atoms with E-state index in [1.165, 1.54) is 5.56 Å². The van der Waals surface area contributed by atoms with Crippen LogP contribution in [0, 0.1) is 11.3 Å². The minimum atomic E-state index is -0.237. The number of nitrogens with one attached hydrogen (secondary N) is 1. The lowest BCUT2D eigenvalue weighted by molar-refractivity contribution is -0.147. The molecule has 1 aromatic rings. The number of nitrogens with zero attached hydrogens (tertiary/aromatic N) is 2. The molecule has 0 unspecified atom stereocenters. The van der Waals surface area contributed by atoms with Gasteiger partial charge in [-0.1, -0.05) is 38.5 Å². The first-order chi connectivity index (χ1) is 16.5. The van der Waals surface area contributed by atoms with Gasteiger partial charge in [0.15, 0.2) is 0 Å². The summed E-state index contributed by atoms with van der Waals surface area (Å²) in [5, 5.41) is 3.06. The van der Waals surface area contributed by atoms with Crippen molar-refractivity contribution < 1.29 is 14.3 Å². The van der Waals surface area contributed by atoms with Gasteiger partial charge < -0.3 is 19.9 Å². The average molecular weight is 470 g/mol. The zero-order valence-corrected chi connectivity index (χ0v) is 21.2. The van der Waals surface area contributed by atoms with E-state index in [1.54, 1.807) is 0 Å². The maximum absolute atomic E-state index is 14.0. The number of carbonyl (C=O) groups excluding carboxylic acids is 2. The largest absolute Gasteiger partial charge is 0.491 e. The SMILES string of the molecule is CC(C)CC(=O)NCCN1CCC2(CCCCc3ccccc3OC[C@H]3CCCN3C2=O)CC1. The Kier molecular flexibility index (Phi) is 8.51. The van der Waals surface area contributed by atoms with Crippen molar-refractivity contribution in [2.45, 2.75) is 77.7 Å². The second-order valence-electron chi connectivity index (χ2n) is 11.0. The quantitative estimate of drug-likeness (QED) is 0.707. The van der Waals surface area contributed by atoms with Crippen LogP contribution < -0.4 is 10.1 Å². The normalized spacial score (nSPS) is 23.6. The summed E-state index contributed by atoms with van der Waals surface area (Å²) in [4.78, 5) is 30.5. The predicted octanol–water partition coefficient (Wildman–Crippen LogP) is 4.03. The Hall–Kier alpha value is -2.08. The highest BCUT2D eigenvalue weighted by Crippen LogP contribution is 2.41. The molecule has 3 heterocycles. The van der Waals surface area contributed by atoms with E-state index in [4.69, 9.17) is 4.74 Å². The number of benzene rings is 1. The number of rotatable bonds is 5. The Balaban J connectivity index is 1.38. The van der Waals surface area contributed by atoms with E-state index in [-0.39, 0.29) is 17.4 Å². The predicted molar refractivity (Wildman–Crippen MR) is 135 cm³/mol. The Morgan fingerprint density at radius 1 is 1.12 bits per heavy atom. The van der Waals surface area contributed by atoms with Crippen molar-refractivity contribution in [3.05, 3.63) is 29.8 Å². The average Bonchev–Trinajstić information content (AvgIpc) is 3.29. The number of likely N-dealkylation sites (tertiary alicyclic amines) is 1. The molecule has 6 heteroatoms. The van der Waals surface area contributed by atoms with Crippen LogP contribution in [0.3, 0.4) is 0 Å².